The van der Waals surface area contributed by atoms with Crippen LogP contribution in [-0.4, -0.2) is 0 Å². The predicted molar refractivity (Wildman–Crippen MR) is 454 cm³/mol. The van der Waals surface area contributed by atoms with Crippen LogP contribution in [0.4, 0.5) is 0 Å². The summed E-state index contributed by atoms with van der Waals surface area (Å²) in [5.41, 5.74) is 0. The summed E-state index contributed by atoms with van der Waals surface area (Å²) in [6.45, 7) is 8.77. The monoisotopic (exact) mass is 1370 g/mol. The molecule has 0 aromatic rings. The van der Waals surface area contributed by atoms with Crippen molar-refractivity contribution in [2.45, 2.75) is 617 Å². The summed E-state index contributed by atoms with van der Waals surface area (Å²) >= 11 is 0. The molecule has 0 aromatic heterocycles. The molecule has 0 rings (SSSR count). The molecule has 0 fully saturated rings. The van der Waals surface area contributed by atoms with Gasteiger partial charge in [0.15, 0.2) is 0 Å². The molecule has 98 heavy (non-hydrogen) atoms. The highest BCUT2D eigenvalue weighted by Crippen LogP contribution is 2.28. The standard InChI is InChI=1S/C98H196/c1-4-7-10-12-14-16-18-20-22-24-26-28-30-32-34-36-38-40-42-44-46-48-50-52-54-56-58-60-62-64-66-68-70-72-74-76-78-80-82-84-86-88-90-93-96-98(95-92-9-6-3)97-94-91-89-87-85-83-81-79-77-75-73-71-69-67-65-63-61-59-57-55-53-51-49-47-45-43-41-39-37-35-33-31-29-27-25-23-21-19-17-15-13-11-8-5-2/h3-97H2,1-2H3. The first kappa shape index (κ1) is 98.0. The highest BCUT2D eigenvalue weighted by Gasteiger charge is 2.10. The van der Waals surface area contributed by atoms with E-state index in [9.17, 15) is 0 Å². The molecule has 0 aliphatic carbocycles. The van der Waals surface area contributed by atoms with Crippen molar-refractivity contribution in [2.75, 3.05) is 0 Å². The summed E-state index contributed by atoms with van der Waals surface area (Å²) in [6.07, 6.45) is 139. The zero-order chi connectivity index (χ0) is 70.0. The second kappa shape index (κ2) is 95.0. The van der Waals surface area contributed by atoms with E-state index in [0.29, 0.717) is 0 Å². The zero-order valence-corrected chi connectivity index (χ0v) is 69.7. The third-order valence-electron chi connectivity index (χ3n) is 23.8. The Bertz CT molecular complexity index is 1190. The van der Waals surface area contributed by atoms with Crippen LogP contribution in [0, 0.1) is 12.8 Å². The lowest BCUT2D eigenvalue weighted by molar-refractivity contribution is 0.503. The van der Waals surface area contributed by atoms with Crippen molar-refractivity contribution in [3.63, 3.8) is 0 Å². The first-order chi connectivity index (χ1) is 48.8. The first-order valence-electron chi connectivity index (χ1n) is 48.5. The maximum Gasteiger partial charge on any atom is -0.0241 e. The molecule has 0 nitrogen and oxygen atoms in total. The molecular formula is C98H196. The van der Waals surface area contributed by atoms with Crippen LogP contribution in [0.3, 0.4) is 0 Å². The van der Waals surface area contributed by atoms with Gasteiger partial charge in [-0.15, -0.1) is 0 Å². The van der Waals surface area contributed by atoms with Crippen molar-refractivity contribution in [2.24, 2.45) is 0 Å². The van der Waals surface area contributed by atoms with Crippen LogP contribution in [0.5, 0.6) is 0 Å². The van der Waals surface area contributed by atoms with Crippen molar-refractivity contribution in [3.8, 4) is 0 Å². The molecule has 0 saturated heterocycles. The van der Waals surface area contributed by atoms with Gasteiger partial charge in [0.2, 0.25) is 0 Å². The molecule has 0 amide bonds. The Labute approximate surface area is 626 Å². The summed E-state index contributed by atoms with van der Waals surface area (Å²) in [5, 5.41) is 0. The highest BCUT2D eigenvalue weighted by molar-refractivity contribution is 4.89. The Balaban J connectivity index is 3.33. The van der Waals surface area contributed by atoms with Crippen LogP contribution in [0.25, 0.3) is 0 Å². The summed E-state index contributed by atoms with van der Waals surface area (Å²) in [6, 6.07) is 0. The van der Waals surface area contributed by atoms with Gasteiger partial charge in [-0.2, -0.15) is 0 Å². The molecule has 588 valence electrons. The van der Waals surface area contributed by atoms with Gasteiger partial charge < -0.3 is 0 Å². The Morgan fingerprint density at radius 3 is 0.286 bits per heavy atom. The van der Waals surface area contributed by atoms with E-state index in [4.69, 9.17) is 0 Å². The van der Waals surface area contributed by atoms with Crippen molar-refractivity contribution < 1.29 is 0 Å². The lowest BCUT2D eigenvalue weighted by Crippen LogP contribution is -1.99. The molecule has 0 bridgehead atoms. The fourth-order valence-electron chi connectivity index (χ4n) is 16.7. The summed E-state index contributed by atoms with van der Waals surface area (Å²) in [5.74, 6) is 1.91. The molecule has 0 heteroatoms. The number of hydrogen-bond donors (Lipinski definition) is 0. The third kappa shape index (κ3) is 92.1. The molecule has 2 radical (unpaired) electrons. The lowest BCUT2D eigenvalue weighted by atomic mass is 9.89. The second-order valence-corrected chi connectivity index (χ2v) is 34.0. The lowest BCUT2D eigenvalue weighted by Gasteiger charge is -2.16. The molecule has 0 atom stereocenters. The molecule has 0 heterocycles. The molecule has 0 aliphatic rings. The van der Waals surface area contributed by atoms with Crippen molar-refractivity contribution in [1.82, 2.24) is 0 Å². The molecule has 0 aromatic carbocycles. The van der Waals surface area contributed by atoms with E-state index < -0.39 is 0 Å². The predicted octanol–water partition coefficient (Wildman–Crippen LogP) is 38.1. The van der Waals surface area contributed by atoms with E-state index in [0.717, 1.165) is 6.42 Å². The molecule has 0 spiro atoms. The average molecular weight is 1370 g/mol. The molecule has 0 N–H and O–H groups in total. The van der Waals surface area contributed by atoms with Gasteiger partial charge in [-0.1, -0.05) is 605 Å². The van der Waals surface area contributed by atoms with Crippen molar-refractivity contribution in [1.29, 1.82) is 0 Å². The van der Waals surface area contributed by atoms with Gasteiger partial charge in [0.05, 0.1) is 0 Å². The fraction of sp³-hybridized carbons (Fsp3) is 0.980. The third-order valence-corrected chi connectivity index (χ3v) is 23.8. The van der Waals surface area contributed by atoms with E-state index in [-0.39, 0.29) is 0 Å². The quantitative estimate of drug-likeness (QED) is 0.0533. The van der Waals surface area contributed by atoms with Gasteiger partial charge in [-0.3, -0.25) is 0 Å². The second-order valence-electron chi connectivity index (χ2n) is 34.0. The van der Waals surface area contributed by atoms with Crippen molar-refractivity contribution >= 4 is 0 Å². The Kier molecular flexibility index (Phi) is 95.0. The van der Waals surface area contributed by atoms with E-state index >= 15 is 0 Å². The van der Waals surface area contributed by atoms with Crippen LogP contribution in [0.2, 0.25) is 0 Å². The topological polar surface area (TPSA) is 0 Å². The normalized spacial score (nSPS) is 11.9. The van der Waals surface area contributed by atoms with E-state index in [1.54, 1.807) is 0 Å². The Morgan fingerprint density at radius 2 is 0.194 bits per heavy atom. The van der Waals surface area contributed by atoms with Crippen LogP contribution < -0.4 is 0 Å². The Morgan fingerprint density at radius 1 is 0.112 bits per heavy atom. The maximum atomic E-state index is 4.14. The summed E-state index contributed by atoms with van der Waals surface area (Å²) < 4.78 is 0. The zero-order valence-electron chi connectivity index (χ0n) is 69.7. The smallest absolute Gasteiger partial charge is 0.0241 e. The average Bonchev–Trinajstić information content (AvgIpc) is 3.82. The first-order valence-corrected chi connectivity index (χ1v) is 48.5. The largest absolute Gasteiger partial charge is 0.0654 e. The Hall–Kier alpha value is 0. The van der Waals surface area contributed by atoms with Gasteiger partial charge in [0, 0.05) is 0 Å². The van der Waals surface area contributed by atoms with E-state index in [1.807, 2.05) is 5.92 Å². The number of unbranched alkanes of at least 4 members (excludes halogenated alkanes) is 88. The van der Waals surface area contributed by atoms with Gasteiger partial charge in [0.1, 0.15) is 0 Å². The van der Waals surface area contributed by atoms with E-state index in [2.05, 4.69) is 20.8 Å². The minimum absolute atomic E-state index is 1.12. The van der Waals surface area contributed by atoms with Gasteiger partial charge in [-0.05, 0) is 25.2 Å². The summed E-state index contributed by atoms with van der Waals surface area (Å²) in [7, 11) is 0. The van der Waals surface area contributed by atoms with Crippen LogP contribution in [-0.2, 0) is 0 Å². The van der Waals surface area contributed by atoms with Gasteiger partial charge in [0.25, 0.3) is 0 Å². The van der Waals surface area contributed by atoms with Crippen LogP contribution in [0.1, 0.15) is 617 Å². The SMILES string of the molecule is [CH2]CCCC[C](CCCCCCCCCCCCCCCCCCCCCCCCCCCCCCCCCCCCCCCCCCCCCC)CCCCCCCCCCCCCCCCCCCCCCCCCCCCCCCCCCCCCCCCCCCCCC. The maximum absolute atomic E-state index is 4.14. The van der Waals surface area contributed by atoms with Crippen LogP contribution >= 0.6 is 0 Å². The fourth-order valence-corrected chi connectivity index (χ4v) is 16.7. The number of hydrogen-bond acceptors (Lipinski definition) is 0. The molecule has 0 saturated carbocycles. The minimum atomic E-state index is 1.12. The highest BCUT2D eigenvalue weighted by atomic mass is 14.2. The minimum Gasteiger partial charge on any atom is -0.0654 e. The molecular weight excluding hydrogens is 1180 g/mol. The summed E-state index contributed by atoms with van der Waals surface area (Å²) in [4.78, 5) is 0. The van der Waals surface area contributed by atoms with Gasteiger partial charge >= 0.3 is 0 Å². The van der Waals surface area contributed by atoms with Crippen LogP contribution in [0.15, 0.2) is 0 Å². The van der Waals surface area contributed by atoms with Gasteiger partial charge in [-0.25, -0.2) is 0 Å². The van der Waals surface area contributed by atoms with E-state index in [1.165, 1.54) is 597 Å². The molecule has 0 aliphatic heterocycles. The van der Waals surface area contributed by atoms with Crippen molar-refractivity contribution in [3.05, 3.63) is 12.8 Å². The molecule has 0 unspecified atom stereocenters. The number of rotatable bonds is 94.